The van der Waals surface area contributed by atoms with E-state index in [1.165, 1.54) is 28.8 Å². The number of fused-ring (bicyclic) bond motifs is 2. The molecule has 1 aliphatic carbocycles. The van der Waals surface area contributed by atoms with Gasteiger partial charge in [0.25, 0.3) is 12.3 Å². The van der Waals surface area contributed by atoms with Crippen LogP contribution in [0.4, 0.5) is 27.8 Å². The number of alkyl halides is 5. The Morgan fingerprint density at radius 3 is 2.60 bits per heavy atom. The summed E-state index contributed by atoms with van der Waals surface area (Å²) in [6.45, 7) is 3.32. The first kappa shape index (κ1) is 23.5. The summed E-state index contributed by atoms with van der Waals surface area (Å²) in [5.74, 6) is -1.39. The molecule has 35 heavy (non-hydrogen) atoms. The summed E-state index contributed by atoms with van der Waals surface area (Å²) in [6.07, 6.45) is -5.17. The van der Waals surface area contributed by atoms with Gasteiger partial charge in [-0.1, -0.05) is 6.07 Å². The Labute approximate surface area is 196 Å². The van der Waals surface area contributed by atoms with Crippen LogP contribution in [0.25, 0.3) is 5.65 Å². The highest BCUT2D eigenvalue weighted by Crippen LogP contribution is 2.58. The maximum absolute atomic E-state index is 13.2. The van der Waals surface area contributed by atoms with Crippen molar-refractivity contribution in [1.29, 1.82) is 0 Å². The second kappa shape index (κ2) is 7.87. The molecular weight excluding hydrogens is 475 g/mol. The molecular formula is C23H21F5N4O3. The van der Waals surface area contributed by atoms with Crippen molar-refractivity contribution in [2.45, 2.75) is 56.4 Å². The topological polar surface area (TPSA) is 77.8 Å². The summed E-state index contributed by atoms with van der Waals surface area (Å²) >= 11 is 0. The lowest BCUT2D eigenvalue weighted by Crippen LogP contribution is -2.45. The van der Waals surface area contributed by atoms with Gasteiger partial charge in [-0.25, -0.2) is 18.7 Å². The van der Waals surface area contributed by atoms with E-state index in [2.05, 4.69) is 15.3 Å². The molecule has 12 heteroatoms. The van der Waals surface area contributed by atoms with Crippen molar-refractivity contribution in [2.24, 2.45) is 0 Å². The number of amides is 1. The number of imidazole rings is 1. The number of nitrogens with zero attached hydrogens (tertiary/aromatic N) is 3. The van der Waals surface area contributed by atoms with E-state index >= 15 is 0 Å². The number of carbonyl (C=O) groups excluding carboxylic acids is 1. The van der Waals surface area contributed by atoms with Crippen LogP contribution in [0, 0.1) is 0 Å². The van der Waals surface area contributed by atoms with Crippen LogP contribution in [0.1, 0.15) is 54.9 Å². The summed E-state index contributed by atoms with van der Waals surface area (Å²) in [5, 5.41) is 2.35. The number of carbonyl (C=O) groups is 1. The van der Waals surface area contributed by atoms with Crippen LogP contribution < -0.4 is 10.1 Å². The molecule has 0 radical (unpaired) electrons. The average Bonchev–Trinajstić information content (AvgIpc) is 3.43. The second-order valence-electron chi connectivity index (χ2n) is 9.32. The molecule has 1 amide bonds. The Balaban J connectivity index is 1.51. The maximum Gasteiger partial charge on any atom is 0.425 e. The predicted octanol–water partition coefficient (Wildman–Crippen LogP) is 5.07. The number of hydrogen-bond donors (Lipinski definition) is 1. The summed E-state index contributed by atoms with van der Waals surface area (Å²) in [5.41, 5.74) is -0.245. The number of rotatable bonds is 6. The van der Waals surface area contributed by atoms with Gasteiger partial charge in [0.2, 0.25) is 0 Å². The van der Waals surface area contributed by atoms with E-state index in [1.54, 1.807) is 6.20 Å². The molecule has 186 valence electrons. The van der Waals surface area contributed by atoms with Gasteiger partial charge >= 0.3 is 6.18 Å². The standard InChI is InChI=1S/C23H21F5N4O3/c1-12(23(26,27)28)35-15-6-18-30-16(22-9-21(2,10-22)34-11-22)8-32(18)7-13(15)20(33)31-17-5-3-4-14(29-17)19(24)25/h3-8,12,19H,9-11H2,1-2H3,(H,29,31,33). The number of halogens is 5. The van der Waals surface area contributed by atoms with Crippen LogP contribution >= 0.6 is 0 Å². The fourth-order valence-corrected chi connectivity index (χ4v) is 4.77. The van der Waals surface area contributed by atoms with Gasteiger partial charge in [0.1, 0.15) is 22.9 Å². The smallest absolute Gasteiger partial charge is 0.425 e. The Morgan fingerprint density at radius 2 is 1.97 bits per heavy atom. The molecule has 3 fully saturated rings. The Morgan fingerprint density at radius 1 is 1.23 bits per heavy atom. The number of nitrogens with one attached hydrogen (secondary N) is 1. The molecule has 1 atom stereocenters. The van der Waals surface area contributed by atoms with E-state index in [0.29, 0.717) is 17.9 Å². The van der Waals surface area contributed by atoms with Crippen molar-refractivity contribution in [3.8, 4) is 5.75 Å². The quantitative estimate of drug-likeness (QED) is 0.483. The largest absolute Gasteiger partial charge is 0.480 e. The molecule has 0 spiro atoms. The highest BCUT2D eigenvalue weighted by atomic mass is 19.4. The zero-order valence-corrected chi connectivity index (χ0v) is 18.7. The Bertz CT molecular complexity index is 1300. The van der Waals surface area contributed by atoms with Crippen molar-refractivity contribution in [3.05, 3.63) is 53.6 Å². The second-order valence-corrected chi connectivity index (χ2v) is 9.32. The third-order valence-corrected chi connectivity index (χ3v) is 6.46. The lowest BCUT2D eigenvalue weighted by molar-refractivity contribution is -0.189. The Kier molecular flexibility index (Phi) is 5.28. The van der Waals surface area contributed by atoms with Crippen molar-refractivity contribution >= 4 is 17.4 Å². The molecule has 1 N–H and O–H groups in total. The number of aromatic nitrogens is 3. The lowest BCUT2D eigenvalue weighted by atomic mass is 9.62. The van der Waals surface area contributed by atoms with Crippen LogP contribution in [-0.2, 0) is 10.2 Å². The van der Waals surface area contributed by atoms with Gasteiger partial charge in [-0.3, -0.25) is 4.79 Å². The number of anilines is 1. The predicted molar refractivity (Wildman–Crippen MR) is 114 cm³/mol. The third-order valence-electron chi connectivity index (χ3n) is 6.46. The highest BCUT2D eigenvalue weighted by Gasteiger charge is 2.61. The van der Waals surface area contributed by atoms with E-state index < -0.39 is 30.3 Å². The van der Waals surface area contributed by atoms with Crippen LogP contribution in [0.2, 0.25) is 0 Å². The van der Waals surface area contributed by atoms with Crippen molar-refractivity contribution in [1.82, 2.24) is 14.4 Å². The first-order chi connectivity index (χ1) is 16.4. The summed E-state index contributed by atoms with van der Waals surface area (Å²) in [7, 11) is 0. The first-order valence-corrected chi connectivity index (χ1v) is 10.8. The minimum absolute atomic E-state index is 0.176. The normalized spacial score (nSPS) is 24.5. The third kappa shape index (κ3) is 4.19. The van der Waals surface area contributed by atoms with Gasteiger partial charge < -0.3 is 19.2 Å². The van der Waals surface area contributed by atoms with E-state index in [4.69, 9.17) is 9.47 Å². The molecule has 3 aromatic heterocycles. The van der Waals surface area contributed by atoms with E-state index in [0.717, 1.165) is 25.8 Å². The van der Waals surface area contributed by atoms with Crippen molar-refractivity contribution in [3.63, 3.8) is 0 Å². The van der Waals surface area contributed by atoms with Crippen LogP contribution in [-0.4, -0.2) is 44.8 Å². The lowest BCUT2D eigenvalue weighted by Gasteiger charge is -2.41. The highest BCUT2D eigenvalue weighted by molar-refractivity contribution is 6.05. The minimum atomic E-state index is -4.68. The molecule has 3 aromatic rings. The monoisotopic (exact) mass is 496 g/mol. The Hall–Kier alpha value is -3.28. The van der Waals surface area contributed by atoms with Crippen LogP contribution in [0.3, 0.4) is 0 Å². The van der Waals surface area contributed by atoms with E-state index in [1.807, 2.05) is 6.92 Å². The molecule has 6 rings (SSSR count). The zero-order valence-electron chi connectivity index (χ0n) is 18.7. The van der Waals surface area contributed by atoms with Gasteiger partial charge in [-0.15, -0.1) is 0 Å². The maximum atomic E-state index is 13.2. The average molecular weight is 496 g/mol. The van der Waals surface area contributed by atoms with Gasteiger partial charge in [-0.05, 0) is 38.8 Å². The summed E-state index contributed by atoms with van der Waals surface area (Å²) in [6, 6.07) is 4.93. The van der Waals surface area contributed by atoms with Gasteiger partial charge in [0, 0.05) is 23.9 Å². The fourth-order valence-electron chi connectivity index (χ4n) is 4.77. The van der Waals surface area contributed by atoms with Crippen molar-refractivity contribution < 1.29 is 36.2 Å². The molecule has 1 saturated carbocycles. The minimum Gasteiger partial charge on any atom is -0.480 e. The molecule has 1 unspecified atom stereocenters. The summed E-state index contributed by atoms with van der Waals surface area (Å²) < 4.78 is 78.0. The molecule has 2 bridgehead atoms. The van der Waals surface area contributed by atoms with Gasteiger partial charge in [0.05, 0.1) is 23.5 Å². The number of hydrogen-bond acceptors (Lipinski definition) is 5. The molecule has 2 saturated heterocycles. The summed E-state index contributed by atoms with van der Waals surface area (Å²) in [4.78, 5) is 21.3. The van der Waals surface area contributed by atoms with Crippen LogP contribution in [0.5, 0.6) is 5.75 Å². The van der Waals surface area contributed by atoms with Crippen LogP contribution in [0.15, 0.2) is 36.7 Å². The van der Waals surface area contributed by atoms with E-state index in [9.17, 15) is 26.7 Å². The van der Waals surface area contributed by atoms with E-state index in [-0.39, 0.29) is 28.1 Å². The molecule has 7 nitrogen and oxygen atoms in total. The molecule has 5 heterocycles. The molecule has 2 aliphatic heterocycles. The van der Waals surface area contributed by atoms with Gasteiger partial charge in [-0.2, -0.15) is 13.2 Å². The zero-order chi connectivity index (χ0) is 25.2. The molecule has 3 aliphatic rings. The fraction of sp³-hybridized carbons (Fsp3) is 0.435. The number of pyridine rings is 2. The number of ether oxygens (including phenoxy) is 2. The molecule has 0 aromatic carbocycles. The first-order valence-electron chi connectivity index (χ1n) is 10.8. The van der Waals surface area contributed by atoms with Crippen molar-refractivity contribution in [2.75, 3.05) is 11.9 Å². The SMILES string of the molecule is CC(Oc1cc2nc(C34COC(C)(C3)C4)cn2cc1C(=O)Nc1cccc(C(F)F)n1)C(F)(F)F. The van der Waals surface area contributed by atoms with Gasteiger partial charge in [0.15, 0.2) is 6.10 Å².